The van der Waals surface area contributed by atoms with Crippen LogP contribution in [0.4, 0.5) is 0 Å². The van der Waals surface area contributed by atoms with E-state index >= 15 is 0 Å². The van der Waals surface area contributed by atoms with Gasteiger partial charge in [0.15, 0.2) is 5.82 Å². The number of fused-ring (bicyclic) bond motifs is 10. The minimum absolute atomic E-state index is 0.292. The highest BCUT2D eigenvalue weighted by Crippen LogP contribution is 2.63. The number of benzene rings is 9. The quantitative estimate of drug-likeness (QED) is 0.174. The van der Waals surface area contributed by atoms with Gasteiger partial charge in [0, 0.05) is 22.1 Å². The van der Waals surface area contributed by atoms with Crippen LogP contribution in [0.5, 0.6) is 0 Å². The molecule has 0 atom stereocenters. The number of hydrogen-bond donors (Lipinski definition) is 0. The van der Waals surface area contributed by atoms with Gasteiger partial charge < -0.3 is 0 Å². The molecule has 0 aliphatic heterocycles. The van der Waals surface area contributed by atoms with Crippen molar-refractivity contribution in [3.8, 4) is 67.3 Å². The molecule has 292 valence electrons. The molecule has 0 fully saturated rings. The lowest BCUT2D eigenvalue weighted by Gasteiger charge is -2.47. The summed E-state index contributed by atoms with van der Waals surface area (Å²) in [7, 11) is 0. The average Bonchev–Trinajstić information content (AvgIpc) is 3.64. The topological polar surface area (TPSA) is 25.8 Å². The van der Waals surface area contributed by atoms with Crippen LogP contribution in [0, 0.1) is 0 Å². The Labute approximate surface area is 362 Å². The van der Waals surface area contributed by atoms with Crippen molar-refractivity contribution >= 4 is 10.8 Å². The zero-order valence-electron chi connectivity index (χ0n) is 34.7. The van der Waals surface area contributed by atoms with Gasteiger partial charge in [-0.25, -0.2) is 9.97 Å². The normalized spacial score (nSPS) is 13.9. The molecule has 2 aliphatic carbocycles. The van der Waals surface area contributed by atoms with Crippen LogP contribution >= 0.6 is 0 Å². The van der Waals surface area contributed by atoms with E-state index in [-0.39, 0.29) is 5.41 Å². The van der Waals surface area contributed by atoms with E-state index in [0.29, 0.717) is 5.82 Å². The third kappa shape index (κ3) is 5.29. The summed E-state index contributed by atoms with van der Waals surface area (Å²) < 4.78 is 0. The summed E-state index contributed by atoms with van der Waals surface area (Å²) in [4.78, 5) is 10.8. The number of rotatable bonds is 5. The predicted molar refractivity (Wildman–Crippen MR) is 256 cm³/mol. The summed E-state index contributed by atoms with van der Waals surface area (Å²) in [6.45, 7) is 4.81. The molecule has 62 heavy (non-hydrogen) atoms. The molecule has 0 saturated heterocycles. The molecule has 12 rings (SSSR count). The van der Waals surface area contributed by atoms with Crippen molar-refractivity contribution in [2.24, 2.45) is 0 Å². The maximum atomic E-state index is 5.43. The van der Waals surface area contributed by atoms with Gasteiger partial charge >= 0.3 is 0 Å². The zero-order valence-corrected chi connectivity index (χ0v) is 34.7. The number of nitrogens with zero attached hydrogens (tertiary/aromatic N) is 2. The summed E-state index contributed by atoms with van der Waals surface area (Å²) >= 11 is 0. The van der Waals surface area contributed by atoms with E-state index in [9.17, 15) is 0 Å². The first-order chi connectivity index (χ1) is 30.5. The zero-order chi connectivity index (χ0) is 41.4. The first-order valence-corrected chi connectivity index (χ1v) is 21.6. The van der Waals surface area contributed by atoms with Crippen molar-refractivity contribution in [1.82, 2.24) is 9.97 Å². The summed E-state index contributed by atoms with van der Waals surface area (Å²) in [5, 5.41) is 2.36. The molecule has 0 saturated carbocycles. The summed E-state index contributed by atoms with van der Waals surface area (Å²) in [5.74, 6) is 0.698. The lowest BCUT2D eigenvalue weighted by molar-refractivity contribution is 0.565. The highest BCUT2D eigenvalue weighted by atomic mass is 14.9. The van der Waals surface area contributed by atoms with Gasteiger partial charge in [-0.15, -0.1) is 0 Å². The van der Waals surface area contributed by atoms with E-state index in [4.69, 9.17) is 9.97 Å². The van der Waals surface area contributed by atoms with Crippen molar-refractivity contribution in [1.29, 1.82) is 0 Å². The highest BCUT2D eigenvalue weighted by Gasteiger charge is 2.53. The molecule has 0 amide bonds. The molecule has 2 heteroatoms. The second-order valence-corrected chi connectivity index (χ2v) is 17.2. The molecule has 2 nitrogen and oxygen atoms in total. The maximum Gasteiger partial charge on any atom is 0.160 e. The third-order valence-corrected chi connectivity index (χ3v) is 13.6. The Balaban J connectivity index is 1.07. The first-order valence-electron chi connectivity index (χ1n) is 21.6. The fourth-order valence-corrected chi connectivity index (χ4v) is 10.9. The fourth-order valence-electron chi connectivity index (χ4n) is 10.9. The van der Waals surface area contributed by atoms with Gasteiger partial charge in [0.2, 0.25) is 0 Å². The minimum Gasteiger partial charge on any atom is -0.228 e. The highest BCUT2D eigenvalue weighted by molar-refractivity contribution is 6.05. The van der Waals surface area contributed by atoms with Crippen molar-refractivity contribution in [3.05, 3.63) is 252 Å². The SMILES string of the molecule is CC1(C)c2ccccc2C2(c3ccccc3-c3ccccc32)c2cccc(-c3cccc(-c4nc(-c5ccccc5)cc(-c5ccc(-c6ccccc6)c6ccccc56)n4)c3)c21. The van der Waals surface area contributed by atoms with Gasteiger partial charge in [-0.2, -0.15) is 0 Å². The molecular formula is C60H42N2. The molecule has 1 heterocycles. The Morgan fingerprint density at radius 1 is 0.306 bits per heavy atom. The van der Waals surface area contributed by atoms with E-state index in [1.807, 2.05) is 0 Å². The smallest absolute Gasteiger partial charge is 0.160 e. The molecular weight excluding hydrogens is 749 g/mol. The van der Waals surface area contributed by atoms with Gasteiger partial charge in [-0.3, -0.25) is 0 Å². The van der Waals surface area contributed by atoms with Gasteiger partial charge in [0.25, 0.3) is 0 Å². The summed E-state index contributed by atoms with van der Waals surface area (Å²) in [6.07, 6.45) is 0. The van der Waals surface area contributed by atoms with E-state index < -0.39 is 5.41 Å². The average molecular weight is 791 g/mol. The van der Waals surface area contributed by atoms with Gasteiger partial charge in [-0.1, -0.05) is 220 Å². The van der Waals surface area contributed by atoms with Crippen molar-refractivity contribution in [2.45, 2.75) is 24.7 Å². The van der Waals surface area contributed by atoms with Gasteiger partial charge in [0.05, 0.1) is 16.8 Å². The minimum atomic E-state index is -0.455. The maximum absolute atomic E-state index is 5.43. The Morgan fingerprint density at radius 2 is 0.790 bits per heavy atom. The van der Waals surface area contributed by atoms with Crippen LogP contribution in [-0.4, -0.2) is 9.97 Å². The lowest BCUT2D eigenvalue weighted by atomic mass is 9.54. The molecule has 9 aromatic carbocycles. The molecule has 1 aromatic heterocycles. The Bertz CT molecular complexity index is 3330. The molecule has 10 aromatic rings. The predicted octanol–water partition coefficient (Wildman–Crippen LogP) is 15.0. The van der Waals surface area contributed by atoms with E-state index in [1.54, 1.807) is 0 Å². The molecule has 0 unspecified atom stereocenters. The largest absolute Gasteiger partial charge is 0.228 e. The second kappa shape index (κ2) is 13.9. The monoisotopic (exact) mass is 790 g/mol. The Hall–Kier alpha value is -7.68. The number of aromatic nitrogens is 2. The lowest BCUT2D eigenvalue weighted by Crippen LogP contribution is -2.41. The van der Waals surface area contributed by atoms with Gasteiger partial charge in [0.1, 0.15) is 0 Å². The van der Waals surface area contributed by atoms with Crippen LogP contribution in [0.15, 0.2) is 218 Å². The van der Waals surface area contributed by atoms with Crippen LogP contribution in [0.3, 0.4) is 0 Å². The van der Waals surface area contributed by atoms with Crippen molar-refractivity contribution in [2.75, 3.05) is 0 Å². The van der Waals surface area contributed by atoms with E-state index in [2.05, 4.69) is 232 Å². The second-order valence-electron chi connectivity index (χ2n) is 17.2. The number of hydrogen-bond acceptors (Lipinski definition) is 2. The first kappa shape index (κ1) is 36.2. The van der Waals surface area contributed by atoms with Crippen LogP contribution in [0.2, 0.25) is 0 Å². The molecule has 0 radical (unpaired) electrons. The molecule has 2 aliphatic rings. The molecule has 1 spiro atoms. The van der Waals surface area contributed by atoms with E-state index in [0.717, 1.165) is 39.0 Å². The molecule has 0 bridgehead atoms. The van der Waals surface area contributed by atoms with Gasteiger partial charge in [-0.05, 0) is 89.7 Å². The summed E-state index contributed by atoms with van der Waals surface area (Å²) in [5.41, 5.74) is 19.7. The Morgan fingerprint density at radius 3 is 1.50 bits per heavy atom. The molecule has 0 N–H and O–H groups in total. The van der Waals surface area contributed by atoms with E-state index in [1.165, 1.54) is 66.6 Å². The third-order valence-electron chi connectivity index (χ3n) is 13.6. The van der Waals surface area contributed by atoms with Crippen molar-refractivity contribution in [3.63, 3.8) is 0 Å². The summed E-state index contributed by atoms with van der Waals surface area (Å²) in [6, 6.07) is 79.5. The van der Waals surface area contributed by atoms with Crippen LogP contribution in [-0.2, 0) is 10.8 Å². The fraction of sp³-hybridized carbons (Fsp3) is 0.0667. The standard InChI is InChI=1S/C60H42N2/c1-59(2)52-32-15-16-33-53(52)60(50-30-13-11-27-47(50)48-28-12-14-31-51(48)60)54-34-18-29-44(57(54)59)41-23-17-24-42(37-41)58-61-55(40-21-7-4-8-22-40)38-56(62-58)49-36-35-43(39-19-5-3-6-20-39)45-25-9-10-26-46(45)49/h3-38H,1-2H3. The van der Waals surface area contributed by atoms with Crippen LogP contribution < -0.4 is 0 Å². The van der Waals surface area contributed by atoms with Crippen molar-refractivity contribution < 1.29 is 0 Å². The van der Waals surface area contributed by atoms with Crippen LogP contribution in [0.25, 0.3) is 78.1 Å². The van der Waals surface area contributed by atoms with Crippen LogP contribution in [0.1, 0.15) is 47.2 Å². The Kier molecular flexibility index (Phi) is 8.14.